The van der Waals surface area contributed by atoms with Crippen molar-refractivity contribution in [1.29, 1.82) is 0 Å². The van der Waals surface area contributed by atoms with E-state index in [0.29, 0.717) is 17.9 Å². The van der Waals surface area contributed by atoms with Crippen molar-refractivity contribution in [1.82, 2.24) is 0 Å². The summed E-state index contributed by atoms with van der Waals surface area (Å²) in [5.74, 6) is 2.60. The Balaban J connectivity index is 1.52. The van der Waals surface area contributed by atoms with Gasteiger partial charge in [0, 0.05) is 23.1 Å². The van der Waals surface area contributed by atoms with Gasteiger partial charge < -0.3 is 24.4 Å². The molecule has 0 unspecified atom stereocenters. The Hall–Kier alpha value is -3.25. The zero-order chi connectivity index (χ0) is 25.7. The van der Waals surface area contributed by atoms with Crippen LogP contribution in [0.5, 0.6) is 17.2 Å². The second kappa shape index (κ2) is 9.25. The number of hydrogen-bond donors (Lipinski definition) is 2. The second-order valence-corrected chi connectivity index (χ2v) is 11.2. The summed E-state index contributed by atoms with van der Waals surface area (Å²) in [6, 6.07) is 13.0. The van der Waals surface area contributed by atoms with E-state index in [2.05, 4.69) is 12.1 Å². The monoisotopic (exact) mass is 502 g/mol. The maximum atomic E-state index is 11.4. The van der Waals surface area contributed by atoms with E-state index in [0.717, 1.165) is 39.8 Å². The van der Waals surface area contributed by atoms with Crippen LogP contribution in [0.1, 0.15) is 61.4 Å². The van der Waals surface area contributed by atoms with Gasteiger partial charge in [0.1, 0.15) is 22.8 Å². The molecule has 0 spiro atoms. The van der Waals surface area contributed by atoms with Gasteiger partial charge in [-0.3, -0.25) is 0 Å². The first kappa shape index (κ1) is 24.1. The molecule has 0 aliphatic heterocycles. The van der Waals surface area contributed by atoms with Crippen LogP contribution in [-0.4, -0.2) is 36.7 Å². The number of phenols is 1. The van der Waals surface area contributed by atoms with Gasteiger partial charge in [0.05, 0.1) is 7.11 Å². The fraction of sp³-hybridized carbons (Fsp3) is 0.452. The molecule has 7 rings (SSSR count). The lowest BCUT2D eigenvalue weighted by atomic mass is 9.48. The molecule has 6 nitrogen and oxygen atoms in total. The van der Waals surface area contributed by atoms with Crippen molar-refractivity contribution in [3.05, 3.63) is 53.6 Å². The van der Waals surface area contributed by atoms with E-state index in [4.69, 9.17) is 14.2 Å². The highest BCUT2D eigenvalue weighted by atomic mass is 16.7. The average molecular weight is 503 g/mol. The van der Waals surface area contributed by atoms with Gasteiger partial charge in [-0.2, -0.15) is 0 Å². The number of carbonyl (C=O) groups is 1. The third kappa shape index (κ3) is 4.11. The normalized spacial score (nSPS) is 25.9. The van der Waals surface area contributed by atoms with Crippen LogP contribution in [0.3, 0.4) is 0 Å². The van der Waals surface area contributed by atoms with Crippen molar-refractivity contribution in [2.75, 3.05) is 20.5 Å². The molecule has 0 radical (unpaired) electrons. The smallest absolute Gasteiger partial charge is 0.339 e. The first-order chi connectivity index (χ1) is 17.9. The van der Waals surface area contributed by atoms with Crippen LogP contribution in [0, 0.1) is 17.8 Å². The number of ether oxygens (including phenoxy) is 3. The highest BCUT2D eigenvalue weighted by Gasteiger charge is 2.52. The lowest BCUT2D eigenvalue weighted by molar-refractivity contribution is -0.00610. The quantitative estimate of drug-likeness (QED) is 0.261. The van der Waals surface area contributed by atoms with E-state index in [1.54, 1.807) is 13.2 Å². The first-order valence-corrected chi connectivity index (χ1v) is 13.3. The maximum absolute atomic E-state index is 11.4. The fourth-order valence-corrected chi connectivity index (χ4v) is 7.79. The lowest BCUT2D eigenvalue weighted by Crippen LogP contribution is -2.48. The van der Waals surface area contributed by atoms with Gasteiger partial charge in [0.2, 0.25) is 0 Å². The molecule has 3 aromatic carbocycles. The van der Waals surface area contributed by atoms with Gasteiger partial charge in [-0.25, -0.2) is 4.79 Å². The molecule has 4 fully saturated rings. The van der Waals surface area contributed by atoms with Crippen molar-refractivity contribution >= 4 is 16.7 Å². The molecule has 0 aromatic heterocycles. The molecule has 4 saturated carbocycles. The topological polar surface area (TPSA) is 85.2 Å². The summed E-state index contributed by atoms with van der Waals surface area (Å²) in [6.45, 7) is 2.55. The SMILES string of the molecule is CCOCOc1c(-c2ccc(C(=O)O)c(O)c2)ccc2cc(OC)c(C34CC5CC(CC(C5)C3)C4)cc12. The van der Waals surface area contributed by atoms with E-state index < -0.39 is 5.97 Å². The van der Waals surface area contributed by atoms with Crippen LogP contribution in [0.2, 0.25) is 0 Å². The molecule has 0 heterocycles. The number of aromatic hydroxyl groups is 1. The van der Waals surface area contributed by atoms with E-state index in [9.17, 15) is 15.0 Å². The Kier molecular flexibility index (Phi) is 6.03. The summed E-state index contributed by atoms with van der Waals surface area (Å²) in [7, 11) is 1.76. The van der Waals surface area contributed by atoms with Crippen LogP contribution >= 0.6 is 0 Å². The molecular formula is C31H34O6. The summed E-state index contributed by atoms with van der Waals surface area (Å²) in [6.07, 6.45) is 7.79. The summed E-state index contributed by atoms with van der Waals surface area (Å²) >= 11 is 0. The Morgan fingerprint density at radius 1 is 1.00 bits per heavy atom. The molecule has 0 saturated heterocycles. The maximum Gasteiger partial charge on any atom is 0.339 e. The standard InChI is InChI=1S/C31H34O6/c1-3-36-17-37-29-23(21-5-7-24(30(33)34)27(32)11-21)6-4-22-12-28(35-2)26(13-25(22)29)31-14-18-8-19(15-31)10-20(9-18)16-31/h4-7,11-13,18-20,32H,3,8-10,14-17H2,1-2H3,(H,33,34). The number of fused-ring (bicyclic) bond motifs is 1. The Labute approximate surface area is 217 Å². The zero-order valence-corrected chi connectivity index (χ0v) is 21.5. The summed E-state index contributed by atoms with van der Waals surface area (Å²) in [5, 5.41) is 21.7. The minimum Gasteiger partial charge on any atom is -0.507 e. The lowest BCUT2D eigenvalue weighted by Gasteiger charge is -2.57. The van der Waals surface area contributed by atoms with Crippen LogP contribution in [0.4, 0.5) is 0 Å². The number of aromatic carboxylic acids is 1. The summed E-state index contributed by atoms with van der Waals surface area (Å²) in [5.41, 5.74) is 2.76. The Morgan fingerprint density at radius 2 is 1.70 bits per heavy atom. The molecule has 4 aliphatic rings. The van der Waals surface area contributed by atoms with E-state index in [1.165, 1.54) is 56.2 Å². The van der Waals surface area contributed by atoms with Crippen LogP contribution in [0.25, 0.3) is 21.9 Å². The highest BCUT2D eigenvalue weighted by Crippen LogP contribution is 2.62. The van der Waals surface area contributed by atoms with E-state index in [-0.39, 0.29) is 23.5 Å². The van der Waals surface area contributed by atoms with Gasteiger partial charge >= 0.3 is 5.97 Å². The highest BCUT2D eigenvalue weighted by molar-refractivity contribution is 5.98. The summed E-state index contributed by atoms with van der Waals surface area (Å²) in [4.78, 5) is 11.4. The molecule has 3 aromatic rings. The largest absolute Gasteiger partial charge is 0.507 e. The minimum atomic E-state index is -1.16. The van der Waals surface area contributed by atoms with Gasteiger partial charge in [-0.1, -0.05) is 18.2 Å². The molecule has 194 valence electrons. The number of benzene rings is 3. The van der Waals surface area contributed by atoms with Crippen molar-refractivity contribution in [2.45, 2.75) is 50.9 Å². The van der Waals surface area contributed by atoms with Crippen molar-refractivity contribution in [2.24, 2.45) is 17.8 Å². The van der Waals surface area contributed by atoms with Crippen molar-refractivity contribution in [3.63, 3.8) is 0 Å². The van der Waals surface area contributed by atoms with Crippen LogP contribution in [0.15, 0.2) is 42.5 Å². The van der Waals surface area contributed by atoms with Crippen LogP contribution in [-0.2, 0) is 10.2 Å². The van der Waals surface area contributed by atoms with Gasteiger partial charge in [0.15, 0.2) is 6.79 Å². The number of carboxylic acids is 1. The molecule has 6 heteroatoms. The second-order valence-electron chi connectivity index (χ2n) is 11.2. The number of carboxylic acid groups (broad SMARTS) is 1. The first-order valence-electron chi connectivity index (χ1n) is 13.3. The number of methoxy groups -OCH3 is 1. The molecule has 0 amide bonds. The third-order valence-electron chi connectivity index (χ3n) is 8.93. The van der Waals surface area contributed by atoms with Gasteiger partial charge in [-0.05, 0) is 104 Å². The van der Waals surface area contributed by atoms with Crippen molar-refractivity contribution in [3.8, 4) is 28.4 Å². The van der Waals surface area contributed by atoms with Crippen LogP contribution < -0.4 is 9.47 Å². The minimum absolute atomic E-state index is 0.0978. The molecule has 4 bridgehead atoms. The number of hydrogen-bond acceptors (Lipinski definition) is 5. The Morgan fingerprint density at radius 3 is 2.30 bits per heavy atom. The van der Waals surface area contributed by atoms with E-state index >= 15 is 0 Å². The average Bonchev–Trinajstić information content (AvgIpc) is 2.87. The molecule has 2 N–H and O–H groups in total. The molecule has 0 atom stereocenters. The predicted molar refractivity (Wildman–Crippen MR) is 142 cm³/mol. The molecule has 4 aliphatic carbocycles. The third-order valence-corrected chi connectivity index (χ3v) is 8.93. The fourth-order valence-electron chi connectivity index (χ4n) is 7.79. The molecule has 37 heavy (non-hydrogen) atoms. The van der Waals surface area contributed by atoms with Gasteiger partial charge in [-0.15, -0.1) is 0 Å². The summed E-state index contributed by atoms with van der Waals surface area (Å²) < 4.78 is 17.8. The number of rotatable bonds is 8. The molecular weight excluding hydrogens is 468 g/mol. The van der Waals surface area contributed by atoms with Gasteiger partial charge in [0.25, 0.3) is 0 Å². The van der Waals surface area contributed by atoms with E-state index in [1.807, 2.05) is 19.1 Å². The van der Waals surface area contributed by atoms with Crippen molar-refractivity contribution < 1.29 is 29.2 Å². The Bertz CT molecular complexity index is 1320. The zero-order valence-electron chi connectivity index (χ0n) is 21.5. The predicted octanol–water partition coefficient (Wildman–Crippen LogP) is 6.76.